The van der Waals surface area contributed by atoms with Crippen LogP contribution in [0.5, 0.6) is 0 Å². The highest BCUT2D eigenvalue weighted by Crippen LogP contribution is 2.30. The SMILES string of the molecule is Cc1noc(C)c1S(=O)(=O)N1CCC(C(=O)N[C@@H](c2ccc(C(C)(C)C)cc2)C(C)C)CC1. The molecule has 0 unspecified atom stereocenters. The van der Waals surface area contributed by atoms with E-state index in [0.717, 1.165) is 5.56 Å². The molecule has 7 nitrogen and oxygen atoms in total. The normalized spacial score (nSPS) is 17.3. The lowest BCUT2D eigenvalue weighted by molar-refractivity contribution is -0.127. The predicted octanol–water partition coefficient (Wildman–Crippen LogP) is 4.50. The Labute approximate surface area is 198 Å². The molecule has 3 rings (SSSR count). The molecule has 1 amide bonds. The lowest BCUT2D eigenvalue weighted by Gasteiger charge is -2.32. The number of carbonyl (C=O) groups excluding carboxylic acids is 1. The van der Waals surface area contributed by atoms with Crippen molar-refractivity contribution in [3.05, 3.63) is 46.8 Å². The number of benzene rings is 1. The number of sulfonamides is 1. The Morgan fingerprint density at radius 1 is 1.12 bits per heavy atom. The molecule has 1 aromatic heterocycles. The van der Waals surface area contributed by atoms with Gasteiger partial charge in [-0.3, -0.25) is 4.79 Å². The predicted molar refractivity (Wildman–Crippen MR) is 128 cm³/mol. The maximum atomic E-state index is 13.1. The van der Waals surface area contributed by atoms with Crippen molar-refractivity contribution in [2.24, 2.45) is 11.8 Å². The van der Waals surface area contributed by atoms with Crippen LogP contribution < -0.4 is 5.32 Å². The van der Waals surface area contributed by atoms with E-state index in [2.05, 4.69) is 69.4 Å². The summed E-state index contributed by atoms with van der Waals surface area (Å²) in [6.45, 7) is 14.6. The average molecular weight is 476 g/mol. The fraction of sp³-hybridized carbons (Fsp3) is 0.600. The highest BCUT2D eigenvalue weighted by molar-refractivity contribution is 7.89. The van der Waals surface area contributed by atoms with Gasteiger partial charge in [-0.25, -0.2) is 8.42 Å². The smallest absolute Gasteiger partial charge is 0.248 e. The topological polar surface area (TPSA) is 92.5 Å². The third kappa shape index (κ3) is 5.49. The van der Waals surface area contributed by atoms with Crippen molar-refractivity contribution in [1.29, 1.82) is 0 Å². The largest absolute Gasteiger partial charge is 0.360 e. The molecule has 1 aliphatic rings. The molecule has 0 saturated carbocycles. The number of hydrogen-bond acceptors (Lipinski definition) is 5. The summed E-state index contributed by atoms with van der Waals surface area (Å²) in [7, 11) is -3.68. The molecule has 2 aromatic rings. The fourth-order valence-corrected chi connectivity index (χ4v) is 6.19. The minimum absolute atomic E-state index is 0.0111. The first kappa shape index (κ1) is 25.4. The van der Waals surface area contributed by atoms with Gasteiger partial charge in [-0.2, -0.15) is 4.31 Å². The van der Waals surface area contributed by atoms with E-state index in [1.807, 2.05) is 0 Å². The molecule has 8 heteroatoms. The van der Waals surface area contributed by atoms with Crippen LogP contribution in [0.2, 0.25) is 0 Å². The van der Waals surface area contributed by atoms with Crippen LogP contribution in [-0.4, -0.2) is 36.9 Å². The Morgan fingerprint density at radius 2 is 1.70 bits per heavy atom. The van der Waals surface area contributed by atoms with Gasteiger partial charge in [0.15, 0.2) is 5.76 Å². The minimum atomic E-state index is -3.68. The van der Waals surface area contributed by atoms with Crippen LogP contribution in [-0.2, 0) is 20.2 Å². The Kier molecular flexibility index (Phi) is 7.39. The van der Waals surface area contributed by atoms with E-state index in [4.69, 9.17) is 4.52 Å². The van der Waals surface area contributed by atoms with Crippen LogP contribution >= 0.6 is 0 Å². The van der Waals surface area contributed by atoms with Gasteiger partial charge >= 0.3 is 0 Å². The minimum Gasteiger partial charge on any atom is -0.360 e. The average Bonchev–Trinajstić information content (AvgIpc) is 3.10. The van der Waals surface area contributed by atoms with Crippen LogP contribution in [0, 0.1) is 25.7 Å². The van der Waals surface area contributed by atoms with Gasteiger partial charge in [-0.05, 0) is 49.1 Å². The second-order valence-corrected chi connectivity index (χ2v) is 12.3. The Morgan fingerprint density at radius 3 is 2.15 bits per heavy atom. The van der Waals surface area contributed by atoms with E-state index in [-0.39, 0.29) is 34.1 Å². The monoisotopic (exact) mass is 475 g/mol. The maximum Gasteiger partial charge on any atom is 0.248 e. The maximum absolute atomic E-state index is 13.1. The molecular formula is C25H37N3O4S. The molecule has 1 saturated heterocycles. The zero-order chi connectivity index (χ0) is 24.6. The molecule has 0 spiro atoms. The third-order valence-corrected chi connectivity index (χ3v) is 8.63. The van der Waals surface area contributed by atoms with E-state index in [0.29, 0.717) is 37.4 Å². The van der Waals surface area contributed by atoms with Crippen LogP contribution in [0.25, 0.3) is 0 Å². The molecule has 2 heterocycles. The Bertz CT molecular complexity index is 1050. The molecule has 182 valence electrons. The summed E-state index contributed by atoms with van der Waals surface area (Å²) in [6, 6.07) is 8.38. The van der Waals surface area contributed by atoms with Crippen LogP contribution in [0.4, 0.5) is 0 Å². The van der Waals surface area contributed by atoms with E-state index < -0.39 is 10.0 Å². The first-order valence-corrected chi connectivity index (χ1v) is 13.1. The third-order valence-electron chi connectivity index (χ3n) is 6.49. The second-order valence-electron chi connectivity index (χ2n) is 10.4. The quantitative estimate of drug-likeness (QED) is 0.664. The van der Waals surface area contributed by atoms with Crippen LogP contribution in [0.15, 0.2) is 33.7 Å². The van der Waals surface area contributed by atoms with Crippen molar-refractivity contribution >= 4 is 15.9 Å². The van der Waals surface area contributed by atoms with Crippen molar-refractivity contribution < 1.29 is 17.7 Å². The molecule has 1 fully saturated rings. The highest BCUT2D eigenvalue weighted by Gasteiger charge is 2.36. The van der Waals surface area contributed by atoms with Gasteiger partial charge in [0.05, 0.1) is 6.04 Å². The molecule has 1 aromatic carbocycles. The van der Waals surface area contributed by atoms with E-state index in [1.165, 1.54) is 9.87 Å². The number of aromatic nitrogens is 1. The molecular weight excluding hydrogens is 438 g/mol. The summed E-state index contributed by atoms with van der Waals surface area (Å²) in [5.74, 6) is 0.304. The van der Waals surface area contributed by atoms with Crippen molar-refractivity contribution in [2.45, 2.75) is 77.7 Å². The van der Waals surface area contributed by atoms with Crippen LogP contribution in [0.1, 0.15) is 76.1 Å². The molecule has 1 N–H and O–H groups in total. The Hall–Kier alpha value is -2.19. The van der Waals surface area contributed by atoms with Crippen LogP contribution in [0.3, 0.4) is 0 Å². The lowest BCUT2D eigenvalue weighted by atomic mass is 9.85. The zero-order valence-electron chi connectivity index (χ0n) is 20.8. The summed E-state index contributed by atoms with van der Waals surface area (Å²) in [6.07, 6.45) is 0.977. The molecule has 0 radical (unpaired) electrons. The van der Waals surface area contributed by atoms with Crippen molar-refractivity contribution in [3.8, 4) is 0 Å². The van der Waals surface area contributed by atoms with Crippen molar-refractivity contribution in [2.75, 3.05) is 13.1 Å². The van der Waals surface area contributed by atoms with Gasteiger partial charge in [-0.1, -0.05) is 64.0 Å². The number of amides is 1. The fourth-order valence-electron chi connectivity index (χ4n) is 4.43. The number of rotatable bonds is 6. The molecule has 0 aliphatic carbocycles. The standard InChI is InChI=1S/C25H37N3O4S/c1-16(2)22(19-8-10-21(11-9-19)25(5,6)7)26-24(29)20-12-14-28(15-13-20)33(30,31)23-17(3)27-32-18(23)4/h8-11,16,20,22H,12-15H2,1-7H3,(H,26,29)/t22-/m1/s1. The van der Waals surface area contributed by atoms with E-state index in [9.17, 15) is 13.2 Å². The van der Waals surface area contributed by atoms with Gasteiger partial charge in [0.25, 0.3) is 0 Å². The van der Waals surface area contributed by atoms with Gasteiger partial charge in [-0.15, -0.1) is 0 Å². The number of aryl methyl sites for hydroxylation is 2. The summed E-state index contributed by atoms with van der Waals surface area (Å²) >= 11 is 0. The lowest BCUT2D eigenvalue weighted by Crippen LogP contribution is -2.44. The van der Waals surface area contributed by atoms with Crippen molar-refractivity contribution in [1.82, 2.24) is 14.8 Å². The second kappa shape index (κ2) is 9.58. The summed E-state index contributed by atoms with van der Waals surface area (Å²) in [4.78, 5) is 13.2. The zero-order valence-corrected chi connectivity index (χ0v) is 21.6. The summed E-state index contributed by atoms with van der Waals surface area (Å²) in [5.41, 5.74) is 2.79. The van der Waals surface area contributed by atoms with Gasteiger partial charge in [0, 0.05) is 19.0 Å². The number of nitrogens with one attached hydrogen (secondary N) is 1. The van der Waals surface area contributed by atoms with Crippen molar-refractivity contribution in [3.63, 3.8) is 0 Å². The first-order chi connectivity index (χ1) is 15.3. The molecule has 1 atom stereocenters. The Balaban J connectivity index is 1.66. The van der Waals surface area contributed by atoms with E-state index >= 15 is 0 Å². The molecule has 0 bridgehead atoms. The van der Waals surface area contributed by atoms with Gasteiger partial charge < -0.3 is 9.84 Å². The number of carbonyl (C=O) groups is 1. The number of piperidine rings is 1. The molecule has 1 aliphatic heterocycles. The number of nitrogens with zero attached hydrogens (tertiary/aromatic N) is 2. The van der Waals surface area contributed by atoms with E-state index in [1.54, 1.807) is 13.8 Å². The summed E-state index contributed by atoms with van der Waals surface area (Å²) in [5, 5.41) is 7.00. The molecule has 33 heavy (non-hydrogen) atoms. The van der Waals surface area contributed by atoms with Gasteiger partial charge in [0.2, 0.25) is 15.9 Å². The number of hydrogen-bond donors (Lipinski definition) is 1. The highest BCUT2D eigenvalue weighted by atomic mass is 32.2. The summed E-state index contributed by atoms with van der Waals surface area (Å²) < 4.78 is 32.6. The van der Waals surface area contributed by atoms with Gasteiger partial charge in [0.1, 0.15) is 10.6 Å². The first-order valence-electron chi connectivity index (χ1n) is 11.7.